The number of rotatable bonds is 7. The maximum Gasteiger partial charge on any atom is 0.310 e. The van der Waals surface area contributed by atoms with Gasteiger partial charge in [-0.25, -0.2) is 4.98 Å². The Hall–Kier alpha value is -3.06. The number of halogens is 2. The van der Waals surface area contributed by atoms with Crippen LogP contribution in [-0.4, -0.2) is 27.5 Å². The first-order valence-corrected chi connectivity index (χ1v) is 10.5. The highest BCUT2D eigenvalue weighted by atomic mass is 79.9. The number of allylic oxidation sites excluding steroid dienone is 1. The molecule has 10 heteroatoms. The fraction of sp³-hybridized carbons (Fsp3) is 0.190. The summed E-state index contributed by atoms with van der Waals surface area (Å²) in [6.07, 6.45) is 4.66. The normalized spacial score (nSPS) is 13.3. The first-order chi connectivity index (χ1) is 14.8. The Morgan fingerprint density at radius 1 is 1.42 bits per heavy atom. The van der Waals surface area contributed by atoms with Crippen LogP contribution in [0.1, 0.15) is 34.3 Å². The molecule has 2 aromatic rings. The number of nitrogens with one attached hydrogen (secondary N) is 3. The van der Waals surface area contributed by atoms with Crippen molar-refractivity contribution >= 4 is 55.5 Å². The van der Waals surface area contributed by atoms with Gasteiger partial charge >= 0.3 is 5.91 Å². The van der Waals surface area contributed by atoms with Crippen LogP contribution in [0, 0.1) is 23.7 Å². The van der Waals surface area contributed by atoms with E-state index in [1.165, 1.54) is 23.7 Å². The van der Waals surface area contributed by atoms with Gasteiger partial charge in [0, 0.05) is 18.3 Å². The number of amides is 2. The smallest absolute Gasteiger partial charge is 0.310 e. The zero-order valence-corrected chi connectivity index (χ0v) is 18.8. The minimum atomic E-state index is -0.556. The van der Waals surface area contributed by atoms with Gasteiger partial charge in [-0.2, -0.15) is 5.26 Å². The molecule has 0 atom stereocenters. The van der Waals surface area contributed by atoms with Crippen LogP contribution in [0.5, 0.6) is 0 Å². The van der Waals surface area contributed by atoms with Crippen LogP contribution in [0.4, 0.5) is 11.5 Å². The quantitative estimate of drug-likeness (QED) is 0.342. The number of anilines is 1. The van der Waals surface area contributed by atoms with Crippen molar-refractivity contribution in [2.75, 3.05) is 5.32 Å². The molecule has 1 fully saturated rings. The maximum absolute atomic E-state index is 13.1. The monoisotopic (exact) mass is 501 g/mol. The van der Waals surface area contributed by atoms with Crippen molar-refractivity contribution < 1.29 is 14.9 Å². The molecule has 0 bridgehead atoms. The first kappa shape index (κ1) is 22.6. The molecule has 3 rings (SSSR count). The molecule has 31 heavy (non-hydrogen) atoms. The van der Waals surface area contributed by atoms with Gasteiger partial charge in [0.2, 0.25) is 11.5 Å². The lowest BCUT2D eigenvalue weighted by atomic mass is 10.0. The molecule has 0 aliphatic heterocycles. The number of pyridine rings is 1. The number of nitriles is 1. The van der Waals surface area contributed by atoms with Crippen molar-refractivity contribution in [3.63, 3.8) is 0 Å². The third-order valence-corrected chi connectivity index (χ3v) is 5.03. The minimum Gasteiger partial charge on any atom is -0.349 e. The molecule has 8 nitrogen and oxygen atoms in total. The summed E-state index contributed by atoms with van der Waals surface area (Å²) in [5.41, 5.74) is 1.51. The number of nitrogens with zero attached hydrogens (tertiary/aromatic N) is 2. The van der Waals surface area contributed by atoms with E-state index in [1.807, 2.05) is 6.07 Å². The van der Waals surface area contributed by atoms with Crippen LogP contribution in [0.25, 0.3) is 0 Å². The van der Waals surface area contributed by atoms with Crippen molar-refractivity contribution in [3.8, 4) is 6.07 Å². The second-order valence-corrected chi connectivity index (χ2v) is 8.25. The number of carbonyl (C=O) groups excluding carboxylic acids is 2. The van der Waals surface area contributed by atoms with E-state index >= 15 is 0 Å². The maximum atomic E-state index is 13.1. The van der Waals surface area contributed by atoms with Crippen LogP contribution >= 0.6 is 27.5 Å². The highest BCUT2D eigenvalue weighted by Gasteiger charge is 2.27. The Morgan fingerprint density at radius 3 is 2.77 bits per heavy atom. The van der Waals surface area contributed by atoms with Crippen molar-refractivity contribution in [2.24, 2.45) is 0 Å². The third kappa shape index (κ3) is 5.98. The largest absolute Gasteiger partial charge is 0.349 e. The molecule has 5 N–H and O–H groups in total. The Kier molecular flexibility index (Phi) is 7.17. The van der Waals surface area contributed by atoms with Gasteiger partial charge in [0.15, 0.2) is 0 Å². The molecule has 2 amide bonds. The average molecular weight is 503 g/mol. The Labute approximate surface area is 192 Å². The van der Waals surface area contributed by atoms with Crippen LogP contribution < -0.4 is 16.0 Å². The lowest BCUT2D eigenvalue weighted by Crippen LogP contribution is -2.78. The summed E-state index contributed by atoms with van der Waals surface area (Å²) in [7, 11) is 0. The summed E-state index contributed by atoms with van der Waals surface area (Å²) in [5, 5.41) is 24.4. The molecule has 0 radical (unpaired) electrons. The molecule has 1 saturated carbocycles. The molecule has 1 heterocycles. The summed E-state index contributed by atoms with van der Waals surface area (Å²) in [6.45, 7) is 1.71. The molecule has 0 saturated heterocycles. The molecule has 1 aliphatic carbocycles. The zero-order chi connectivity index (χ0) is 22.5. The van der Waals surface area contributed by atoms with Gasteiger partial charge in [-0.3, -0.25) is 20.3 Å². The Bertz CT molecular complexity index is 1140. The van der Waals surface area contributed by atoms with Crippen LogP contribution in [0.3, 0.4) is 0 Å². The topological polar surface area (TPSA) is 135 Å². The van der Waals surface area contributed by atoms with Gasteiger partial charge in [0.1, 0.15) is 9.64 Å². The molecular formula is C21H19BrClN6O2+. The number of aryl methyl sites for hydroxylation is 1. The molecular weight excluding hydrogens is 484 g/mol. The highest BCUT2D eigenvalue weighted by Crippen LogP contribution is 2.26. The van der Waals surface area contributed by atoms with E-state index < -0.39 is 5.91 Å². The second kappa shape index (κ2) is 9.83. The van der Waals surface area contributed by atoms with E-state index in [0.29, 0.717) is 27.7 Å². The number of hydrogen-bond donors (Lipinski definition) is 4. The van der Waals surface area contributed by atoms with Crippen LogP contribution in [-0.2, 0) is 4.79 Å². The SMILES string of the molecule is Cc1cc(C#N)cc(C(=O)NC2CC2)c1NC(=O)C(=CC(=N)Br)[NH2+]c1ncccc1Cl. The van der Waals surface area contributed by atoms with E-state index in [4.69, 9.17) is 17.0 Å². The fourth-order valence-electron chi connectivity index (χ4n) is 2.83. The van der Waals surface area contributed by atoms with Gasteiger partial charge in [0.05, 0.1) is 22.9 Å². The Morgan fingerprint density at radius 2 is 2.16 bits per heavy atom. The van der Waals surface area contributed by atoms with E-state index in [-0.39, 0.29) is 27.8 Å². The minimum absolute atomic E-state index is 0.0239. The lowest BCUT2D eigenvalue weighted by molar-refractivity contribution is -0.514. The molecule has 0 unspecified atom stereocenters. The number of carbonyl (C=O) groups is 2. The molecule has 0 spiro atoms. The van der Waals surface area contributed by atoms with E-state index in [9.17, 15) is 14.9 Å². The number of aromatic nitrogens is 1. The van der Waals surface area contributed by atoms with Gasteiger partial charge < -0.3 is 10.6 Å². The summed E-state index contributed by atoms with van der Waals surface area (Å²) >= 11 is 9.17. The standard InChI is InChI=1S/C21H18BrClN6O2/c1-11-7-12(10-24)8-14(20(30)27-13-4-5-13)18(11)29-21(31)16(9-17(22)25)28-19-15(23)3-2-6-26-19/h2-3,6-9,13,25H,4-5H2,1H3,(H,26,28)(H,27,30)(H,29,31)/p+1. The summed E-state index contributed by atoms with van der Waals surface area (Å²) in [5.74, 6) is -0.546. The van der Waals surface area contributed by atoms with Gasteiger partial charge in [-0.15, -0.1) is 0 Å². The van der Waals surface area contributed by atoms with Gasteiger partial charge in [-0.1, -0.05) is 11.6 Å². The third-order valence-electron chi connectivity index (χ3n) is 4.48. The first-order valence-electron chi connectivity index (χ1n) is 9.36. The van der Waals surface area contributed by atoms with Crippen molar-refractivity contribution in [1.82, 2.24) is 10.3 Å². The van der Waals surface area contributed by atoms with Crippen molar-refractivity contribution in [3.05, 3.63) is 63.9 Å². The molecule has 158 valence electrons. The second-order valence-electron chi connectivity index (χ2n) is 6.99. The average Bonchev–Trinajstić information content (AvgIpc) is 3.53. The number of hydrogen-bond acceptors (Lipinski definition) is 5. The number of quaternary nitrogens is 1. The zero-order valence-electron chi connectivity index (χ0n) is 16.5. The van der Waals surface area contributed by atoms with Gasteiger partial charge in [0.25, 0.3) is 5.91 Å². The van der Waals surface area contributed by atoms with Crippen LogP contribution in [0.2, 0.25) is 5.02 Å². The lowest BCUT2D eigenvalue weighted by Gasteiger charge is -2.15. The summed E-state index contributed by atoms with van der Waals surface area (Å²) in [4.78, 5) is 30.0. The van der Waals surface area contributed by atoms with Gasteiger partial charge in [-0.05, 0) is 65.5 Å². The predicted molar refractivity (Wildman–Crippen MR) is 121 cm³/mol. The highest BCUT2D eigenvalue weighted by molar-refractivity contribution is 9.18. The summed E-state index contributed by atoms with van der Waals surface area (Å²) < 4.78 is -0.0239. The van der Waals surface area contributed by atoms with Crippen molar-refractivity contribution in [1.29, 1.82) is 10.7 Å². The Balaban J connectivity index is 1.94. The van der Waals surface area contributed by atoms with Crippen LogP contribution in [0.15, 0.2) is 42.2 Å². The molecule has 1 aliphatic rings. The summed E-state index contributed by atoms with van der Waals surface area (Å²) in [6, 6.07) is 8.51. The fourth-order valence-corrected chi connectivity index (χ4v) is 3.26. The predicted octanol–water partition coefficient (Wildman–Crippen LogP) is 2.90. The number of benzene rings is 1. The van der Waals surface area contributed by atoms with E-state index in [0.717, 1.165) is 12.8 Å². The molecule has 1 aromatic heterocycles. The van der Waals surface area contributed by atoms with E-state index in [1.54, 1.807) is 25.1 Å². The van der Waals surface area contributed by atoms with Crippen molar-refractivity contribution in [2.45, 2.75) is 25.8 Å². The number of nitrogens with two attached hydrogens (primary N) is 1. The molecule has 1 aromatic carbocycles. The van der Waals surface area contributed by atoms with E-state index in [2.05, 4.69) is 31.5 Å².